The van der Waals surface area contributed by atoms with Crippen molar-refractivity contribution < 1.29 is 9.90 Å². The summed E-state index contributed by atoms with van der Waals surface area (Å²) in [5.74, 6) is -0.150. The molecule has 2 rings (SSSR count). The second-order valence-corrected chi connectivity index (χ2v) is 5.67. The fourth-order valence-corrected chi connectivity index (χ4v) is 2.84. The molecule has 2 N–H and O–H groups in total. The zero-order valence-corrected chi connectivity index (χ0v) is 11.0. The van der Waals surface area contributed by atoms with Gasteiger partial charge < -0.3 is 10.4 Å². The standard InChI is InChI=1S/C12H13NO2S2/c1-12(15,10-3-2-5-17-10)8-13-11(14)9-4-6-16-7-9/h2-7,15H,8H2,1H3,(H,13,14)/t12-/m0/s1. The lowest BCUT2D eigenvalue weighted by molar-refractivity contribution is 0.0557. The molecule has 3 nitrogen and oxygen atoms in total. The summed E-state index contributed by atoms with van der Waals surface area (Å²) < 4.78 is 0. The van der Waals surface area contributed by atoms with E-state index in [9.17, 15) is 9.90 Å². The Morgan fingerprint density at radius 1 is 1.47 bits per heavy atom. The molecule has 90 valence electrons. The fourth-order valence-electron chi connectivity index (χ4n) is 1.42. The molecular weight excluding hydrogens is 254 g/mol. The zero-order chi connectivity index (χ0) is 12.3. The molecule has 5 heteroatoms. The molecule has 0 unspecified atom stereocenters. The molecule has 0 fully saturated rings. The third-order valence-electron chi connectivity index (χ3n) is 2.43. The van der Waals surface area contributed by atoms with Crippen LogP contribution in [0.25, 0.3) is 0 Å². The Kier molecular flexibility index (Phi) is 3.61. The van der Waals surface area contributed by atoms with Gasteiger partial charge in [-0.05, 0) is 29.8 Å². The lowest BCUT2D eigenvalue weighted by Crippen LogP contribution is -2.37. The van der Waals surface area contributed by atoms with Crippen molar-refractivity contribution in [1.82, 2.24) is 5.32 Å². The Labute approximate surface area is 108 Å². The van der Waals surface area contributed by atoms with Gasteiger partial charge in [0.25, 0.3) is 5.91 Å². The van der Waals surface area contributed by atoms with E-state index in [1.807, 2.05) is 22.9 Å². The van der Waals surface area contributed by atoms with Gasteiger partial charge in [-0.1, -0.05) is 6.07 Å². The van der Waals surface area contributed by atoms with Gasteiger partial charge in [0.2, 0.25) is 0 Å². The van der Waals surface area contributed by atoms with Gasteiger partial charge in [-0.3, -0.25) is 4.79 Å². The molecule has 0 aliphatic rings. The predicted octanol–water partition coefficient (Wildman–Crippen LogP) is 2.45. The highest BCUT2D eigenvalue weighted by atomic mass is 32.1. The average molecular weight is 267 g/mol. The molecule has 1 amide bonds. The molecule has 0 radical (unpaired) electrons. The van der Waals surface area contributed by atoms with Crippen LogP contribution in [0, 0.1) is 0 Å². The van der Waals surface area contributed by atoms with Crippen LogP contribution in [0.3, 0.4) is 0 Å². The van der Waals surface area contributed by atoms with Crippen LogP contribution in [0.1, 0.15) is 22.2 Å². The first-order chi connectivity index (χ1) is 8.09. The molecule has 0 aromatic carbocycles. The largest absolute Gasteiger partial charge is 0.383 e. The summed E-state index contributed by atoms with van der Waals surface area (Å²) in [6.45, 7) is 1.91. The first-order valence-corrected chi connectivity index (χ1v) is 6.98. The number of carbonyl (C=O) groups is 1. The molecular formula is C12H13NO2S2. The molecule has 2 aromatic rings. The van der Waals surface area contributed by atoms with Crippen molar-refractivity contribution in [2.45, 2.75) is 12.5 Å². The lowest BCUT2D eigenvalue weighted by atomic mass is 10.1. The van der Waals surface area contributed by atoms with E-state index in [-0.39, 0.29) is 12.5 Å². The summed E-state index contributed by atoms with van der Waals surface area (Å²) in [6.07, 6.45) is 0. The Hall–Kier alpha value is -1.17. The van der Waals surface area contributed by atoms with Gasteiger partial charge in [-0.15, -0.1) is 11.3 Å². The van der Waals surface area contributed by atoms with Crippen LogP contribution in [0.5, 0.6) is 0 Å². The number of rotatable bonds is 4. The summed E-state index contributed by atoms with van der Waals surface area (Å²) in [7, 11) is 0. The number of aliphatic hydroxyl groups is 1. The highest BCUT2D eigenvalue weighted by Gasteiger charge is 2.24. The Morgan fingerprint density at radius 3 is 2.88 bits per heavy atom. The molecule has 0 spiro atoms. The summed E-state index contributed by atoms with van der Waals surface area (Å²) in [6, 6.07) is 5.51. The Morgan fingerprint density at radius 2 is 2.29 bits per heavy atom. The molecule has 1 atom stereocenters. The number of hydrogen-bond acceptors (Lipinski definition) is 4. The minimum absolute atomic E-state index is 0.150. The predicted molar refractivity (Wildman–Crippen MR) is 70.5 cm³/mol. The van der Waals surface area contributed by atoms with Gasteiger partial charge in [0.05, 0.1) is 6.54 Å². The third-order valence-corrected chi connectivity index (χ3v) is 4.23. The maximum Gasteiger partial charge on any atom is 0.252 e. The maximum atomic E-state index is 11.7. The smallest absolute Gasteiger partial charge is 0.252 e. The highest BCUT2D eigenvalue weighted by molar-refractivity contribution is 7.10. The van der Waals surface area contributed by atoms with Crippen LogP contribution in [0.4, 0.5) is 0 Å². The van der Waals surface area contributed by atoms with Crippen molar-refractivity contribution in [1.29, 1.82) is 0 Å². The fraction of sp³-hybridized carbons (Fsp3) is 0.250. The van der Waals surface area contributed by atoms with Crippen LogP contribution in [-0.2, 0) is 5.60 Å². The minimum atomic E-state index is -1.01. The monoisotopic (exact) mass is 267 g/mol. The van der Waals surface area contributed by atoms with Crippen molar-refractivity contribution in [2.24, 2.45) is 0 Å². The van der Waals surface area contributed by atoms with Crippen LogP contribution in [0.15, 0.2) is 34.3 Å². The summed E-state index contributed by atoms with van der Waals surface area (Å²) >= 11 is 2.96. The normalized spacial score (nSPS) is 14.2. The van der Waals surface area contributed by atoms with E-state index in [0.29, 0.717) is 5.56 Å². The van der Waals surface area contributed by atoms with E-state index in [0.717, 1.165) is 4.88 Å². The molecule has 17 heavy (non-hydrogen) atoms. The first kappa shape index (κ1) is 12.3. The van der Waals surface area contributed by atoms with Gasteiger partial charge in [-0.2, -0.15) is 11.3 Å². The van der Waals surface area contributed by atoms with E-state index in [1.165, 1.54) is 22.7 Å². The maximum absolute atomic E-state index is 11.7. The van der Waals surface area contributed by atoms with Crippen LogP contribution < -0.4 is 5.32 Å². The quantitative estimate of drug-likeness (QED) is 0.894. The third kappa shape index (κ3) is 2.94. The minimum Gasteiger partial charge on any atom is -0.383 e. The van der Waals surface area contributed by atoms with Crippen molar-refractivity contribution >= 4 is 28.6 Å². The molecule has 0 saturated carbocycles. The molecule has 0 saturated heterocycles. The van der Waals surface area contributed by atoms with Gasteiger partial charge in [0.15, 0.2) is 0 Å². The molecule has 2 aromatic heterocycles. The second kappa shape index (κ2) is 5.00. The van der Waals surface area contributed by atoms with Gasteiger partial charge in [0, 0.05) is 15.8 Å². The van der Waals surface area contributed by atoms with Crippen molar-refractivity contribution in [2.75, 3.05) is 6.54 Å². The second-order valence-electron chi connectivity index (χ2n) is 3.95. The van der Waals surface area contributed by atoms with Crippen molar-refractivity contribution in [3.63, 3.8) is 0 Å². The van der Waals surface area contributed by atoms with E-state index in [1.54, 1.807) is 18.4 Å². The highest BCUT2D eigenvalue weighted by Crippen LogP contribution is 2.24. The lowest BCUT2D eigenvalue weighted by Gasteiger charge is -2.22. The van der Waals surface area contributed by atoms with E-state index >= 15 is 0 Å². The van der Waals surface area contributed by atoms with Crippen molar-refractivity contribution in [3.05, 3.63) is 44.8 Å². The topological polar surface area (TPSA) is 49.3 Å². The number of hydrogen-bond donors (Lipinski definition) is 2. The zero-order valence-electron chi connectivity index (χ0n) is 9.34. The van der Waals surface area contributed by atoms with Gasteiger partial charge in [-0.25, -0.2) is 0 Å². The summed E-state index contributed by atoms with van der Waals surface area (Å²) in [5.41, 5.74) is -0.378. The molecule has 2 heterocycles. The van der Waals surface area contributed by atoms with E-state index in [4.69, 9.17) is 0 Å². The molecule has 0 bridgehead atoms. The van der Waals surface area contributed by atoms with Crippen molar-refractivity contribution in [3.8, 4) is 0 Å². The SMILES string of the molecule is C[C@](O)(CNC(=O)c1ccsc1)c1cccs1. The Bertz CT molecular complexity index is 475. The van der Waals surface area contributed by atoms with Crippen LogP contribution in [0.2, 0.25) is 0 Å². The average Bonchev–Trinajstić information content (AvgIpc) is 2.97. The number of thiophene rings is 2. The van der Waals surface area contributed by atoms with Gasteiger partial charge >= 0.3 is 0 Å². The Balaban J connectivity index is 1.96. The first-order valence-electron chi connectivity index (χ1n) is 5.16. The molecule has 0 aliphatic heterocycles. The van der Waals surface area contributed by atoms with Gasteiger partial charge in [0.1, 0.15) is 5.60 Å². The van der Waals surface area contributed by atoms with Crippen LogP contribution >= 0.6 is 22.7 Å². The number of nitrogens with one attached hydrogen (secondary N) is 1. The van der Waals surface area contributed by atoms with E-state index < -0.39 is 5.60 Å². The van der Waals surface area contributed by atoms with E-state index in [2.05, 4.69) is 5.32 Å². The number of amides is 1. The summed E-state index contributed by atoms with van der Waals surface area (Å²) in [5, 5.41) is 18.5. The number of carbonyl (C=O) groups excluding carboxylic acids is 1. The summed E-state index contributed by atoms with van der Waals surface area (Å²) in [4.78, 5) is 12.6. The van der Waals surface area contributed by atoms with Crippen LogP contribution in [-0.4, -0.2) is 17.6 Å². The molecule has 0 aliphatic carbocycles.